The van der Waals surface area contributed by atoms with E-state index in [1.165, 1.54) is 23.4 Å². The number of fused-ring (bicyclic) bond motifs is 1. The number of anilines is 1. The van der Waals surface area contributed by atoms with Gasteiger partial charge in [0.15, 0.2) is 6.17 Å². The van der Waals surface area contributed by atoms with Crippen molar-refractivity contribution in [1.29, 1.82) is 0 Å². The molecule has 0 saturated heterocycles. The predicted octanol–water partition coefficient (Wildman–Crippen LogP) is 7.31. The molecule has 0 bridgehead atoms. The minimum Gasteiger partial charge on any atom is -0.478 e. The molecule has 5 nitrogen and oxygen atoms in total. The Bertz CT molecular complexity index is 1440. The molecule has 0 aromatic heterocycles. The number of carboxylic acid groups (broad SMARTS) is 1. The normalized spacial score (nSPS) is 20.6. The second kappa shape index (κ2) is 10.9. The van der Waals surface area contributed by atoms with Crippen LogP contribution in [-0.2, 0) is 11.2 Å². The molecule has 1 N–H and O–H groups in total. The van der Waals surface area contributed by atoms with E-state index in [4.69, 9.17) is 5.11 Å². The van der Waals surface area contributed by atoms with E-state index >= 15 is 0 Å². The summed E-state index contributed by atoms with van der Waals surface area (Å²) >= 11 is 0. The first-order valence-corrected chi connectivity index (χ1v) is 13.1. The van der Waals surface area contributed by atoms with Gasteiger partial charge in [-0.3, -0.25) is 4.99 Å². The van der Waals surface area contributed by atoms with Gasteiger partial charge in [-0.15, -0.1) is 0 Å². The van der Waals surface area contributed by atoms with Crippen molar-refractivity contribution in [3.8, 4) is 0 Å². The van der Waals surface area contributed by atoms with Crippen molar-refractivity contribution in [2.75, 3.05) is 4.90 Å². The van der Waals surface area contributed by atoms with Crippen molar-refractivity contribution in [3.63, 3.8) is 0 Å². The molecule has 0 spiro atoms. The zero-order chi connectivity index (χ0) is 27.7. The van der Waals surface area contributed by atoms with Crippen molar-refractivity contribution >= 4 is 29.5 Å². The van der Waals surface area contributed by atoms with Crippen LogP contribution in [0.4, 0.5) is 14.6 Å². The number of carbonyl (C=O) groups is 1. The van der Waals surface area contributed by atoms with Crippen LogP contribution in [0.25, 0.3) is 11.6 Å². The van der Waals surface area contributed by atoms with Gasteiger partial charge in [0.25, 0.3) is 0 Å². The lowest BCUT2D eigenvalue weighted by molar-refractivity contribution is -0.171. The second-order valence-corrected chi connectivity index (χ2v) is 10.4. The number of hydrogen-bond donors (Lipinski definition) is 1. The summed E-state index contributed by atoms with van der Waals surface area (Å²) in [4.78, 5) is 17.3. The Morgan fingerprint density at radius 3 is 2.41 bits per heavy atom. The van der Waals surface area contributed by atoms with Crippen LogP contribution in [0, 0.1) is 0 Å². The SMILES string of the molecule is CC(C)c1ccc(N2C(C)Cc3cc(C4=CC(N(F)F)N=C4)ccc3C2c2ccc(/C=C/C(=O)O)cc2)cc1. The molecule has 3 aromatic carbocycles. The van der Waals surface area contributed by atoms with E-state index in [2.05, 4.69) is 67.1 Å². The predicted molar refractivity (Wildman–Crippen MR) is 152 cm³/mol. The monoisotopic (exact) mass is 527 g/mol. The molecule has 0 saturated carbocycles. The average Bonchev–Trinajstić information content (AvgIpc) is 3.42. The first kappa shape index (κ1) is 26.5. The Kier molecular flexibility index (Phi) is 7.44. The van der Waals surface area contributed by atoms with Gasteiger partial charge in [0, 0.05) is 29.4 Å². The summed E-state index contributed by atoms with van der Waals surface area (Å²) in [5.74, 6) is -0.547. The third kappa shape index (κ3) is 5.54. The summed E-state index contributed by atoms with van der Waals surface area (Å²) in [5.41, 5.74) is 8.19. The summed E-state index contributed by atoms with van der Waals surface area (Å²) in [6.45, 7) is 6.57. The second-order valence-electron chi connectivity index (χ2n) is 10.4. The summed E-state index contributed by atoms with van der Waals surface area (Å²) in [5, 5.41) is 8.09. The maximum Gasteiger partial charge on any atom is 0.328 e. The molecule has 3 atom stereocenters. The fourth-order valence-corrected chi connectivity index (χ4v) is 5.46. The van der Waals surface area contributed by atoms with Crippen molar-refractivity contribution in [3.05, 3.63) is 112 Å². The van der Waals surface area contributed by atoms with Gasteiger partial charge in [-0.1, -0.05) is 77.4 Å². The first-order valence-electron chi connectivity index (χ1n) is 13.1. The van der Waals surface area contributed by atoms with Crippen molar-refractivity contribution in [2.45, 2.75) is 51.4 Å². The quantitative estimate of drug-likeness (QED) is 0.259. The molecule has 2 aliphatic heterocycles. The van der Waals surface area contributed by atoms with Gasteiger partial charge >= 0.3 is 5.97 Å². The van der Waals surface area contributed by atoms with Crippen LogP contribution in [-0.4, -0.2) is 34.8 Å². The summed E-state index contributed by atoms with van der Waals surface area (Å²) in [6.07, 6.45) is 5.25. The lowest BCUT2D eigenvalue weighted by atomic mass is 9.83. The zero-order valence-electron chi connectivity index (χ0n) is 22.1. The van der Waals surface area contributed by atoms with E-state index in [-0.39, 0.29) is 12.1 Å². The zero-order valence-corrected chi connectivity index (χ0v) is 22.1. The summed E-state index contributed by atoms with van der Waals surface area (Å²) in [7, 11) is 0. The topological polar surface area (TPSA) is 56.1 Å². The smallest absolute Gasteiger partial charge is 0.328 e. The van der Waals surface area contributed by atoms with Gasteiger partial charge < -0.3 is 10.0 Å². The lowest BCUT2D eigenvalue weighted by Gasteiger charge is -2.44. The number of nitrogens with zero attached hydrogens (tertiary/aromatic N) is 3. The average molecular weight is 528 g/mol. The molecule has 7 heteroatoms. The highest BCUT2D eigenvalue weighted by Gasteiger charge is 2.34. The third-order valence-electron chi connectivity index (χ3n) is 7.46. The van der Waals surface area contributed by atoms with E-state index < -0.39 is 17.5 Å². The number of carboxylic acids is 1. The molecular weight excluding hydrogens is 496 g/mol. The fourth-order valence-electron chi connectivity index (χ4n) is 5.46. The Hall–Kier alpha value is -4.10. The Morgan fingerprint density at radius 1 is 1.08 bits per heavy atom. The van der Waals surface area contributed by atoms with Crippen LogP contribution in [0.15, 0.2) is 83.9 Å². The molecule has 2 heterocycles. The Labute approximate surface area is 227 Å². The van der Waals surface area contributed by atoms with Crippen molar-refractivity contribution in [2.24, 2.45) is 4.99 Å². The Balaban J connectivity index is 1.57. The summed E-state index contributed by atoms with van der Waals surface area (Å²) in [6, 6.07) is 23.0. The standard InChI is InChI=1S/C32H31F2N3O2/c1-20(2)23-9-12-28(13-10-23)36-21(3)16-26-17-25(27-18-30(35-19-27)37(33)34)11-14-29(26)32(36)24-7-4-22(5-8-24)6-15-31(38)39/h4-15,17-21,30,32H,16H2,1-3H3,(H,38,39)/b15-6+. The number of aliphatic carboxylic acids is 1. The van der Waals surface area contributed by atoms with Gasteiger partial charge in [0.1, 0.15) is 0 Å². The van der Waals surface area contributed by atoms with E-state index in [9.17, 15) is 13.8 Å². The number of halogens is 2. The molecular formula is C32H31F2N3O2. The highest BCUT2D eigenvalue weighted by molar-refractivity contribution is 6.11. The summed E-state index contributed by atoms with van der Waals surface area (Å²) < 4.78 is 26.0. The number of benzene rings is 3. The molecule has 5 rings (SSSR count). The molecule has 3 unspecified atom stereocenters. The largest absolute Gasteiger partial charge is 0.478 e. The molecule has 3 aromatic rings. The molecule has 0 radical (unpaired) electrons. The van der Waals surface area contributed by atoms with Crippen LogP contribution in [0.3, 0.4) is 0 Å². The molecule has 0 amide bonds. The molecule has 0 fully saturated rings. The van der Waals surface area contributed by atoms with Gasteiger partial charge in [0.05, 0.1) is 6.04 Å². The molecule has 39 heavy (non-hydrogen) atoms. The fraction of sp³-hybridized carbons (Fsp3) is 0.250. The first-order chi connectivity index (χ1) is 18.7. The number of aliphatic imine (C=N–C) groups is 1. The van der Waals surface area contributed by atoms with Crippen LogP contribution < -0.4 is 4.90 Å². The van der Waals surface area contributed by atoms with Crippen LogP contribution >= 0.6 is 0 Å². The molecule has 2 aliphatic rings. The van der Waals surface area contributed by atoms with Gasteiger partial charge in [-0.25, -0.2) is 4.79 Å². The van der Waals surface area contributed by atoms with Gasteiger partial charge in [-0.05, 0) is 82.5 Å². The maximum absolute atomic E-state index is 13.0. The number of hydrogen-bond acceptors (Lipinski definition) is 4. The van der Waals surface area contributed by atoms with Crippen molar-refractivity contribution in [1.82, 2.24) is 5.34 Å². The van der Waals surface area contributed by atoms with Crippen molar-refractivity contribution < 1.29 is 18.9 Å². The van der Waals surface area contributed by atoms with Gasteiger partial charge in [0.2, 0.25) is 0 Å². The van der Waals surface area contributed by atoms with Crippen LogP contribution in [0.1, 0.15) is 66.1 Å². The Morgan fingerprint density at radius 2 is 1.79 bits per heavy atom. The maximum atomic E-state index is 13.0. The number of rotatable bonds is 7. The number of allylic oxidation sites excluding steroid dienone is 1. The highest BCUT2D eigenvalue weighted by atomic mass is 19.4. The van der Waals surface area contributed by atoms with E-state index in [0.29, 0.717) is 11.5 Å². The highest BCUT2D eigenvalue weighted by Crippen LogP contribution is 2.42. The van der Waals surface area contributed by atoms with E-state index in [1.54, 1.807) is 6.08 Å². The lowest BCUT2D eigenvalue weighted by Crippen LogP contribution is -2.43. The van der Waals surface area contributed by atoms with Crippen LogP contribution in [0.5, 0.6) is 0 Å². The van der Waals surface area contributed by atoms with E-state index in [0.717, 1.165) is 40.4 Å². The van der Waals surface area contributed by atoms with Gasteiger partial charge in [-0.2, -0.15) is 0 Å². The minimum absolute atomic E-state index is 0.0775. The minimum atomic E-state index is -1.25. The van der Waals surface area contributed by atoms with E-state index in [1.807, 2.05) is 30.3 Å². The van der Waals surface area contributed by atoms with Crippen LogP contribution in [0.2, 0.25) is 0 Å². The third-order valence-corrected chi connectivity index (χ3v) is 7.46. The molecule has 200 valence electrons. The molecule has 0 aliphatic carbocycles.